The summed E-state index contributed by atoms with van der Waals surface area (Å²) in [5.74, 6) is 1.25. The Labute approximate surface area is 134 Å². The second-order valence-corrected chi connectivity index (χ2v) is 7.70. The Bertz CT molecular complexity index is 489. The van der Waals surface area contributed by atoms with Crippen LogP contribution in [0.5, 0.6) is 0 Å². The molecule has 0 amide bonds. The van der Waals surface area contributed by atoms with Crippen LogP contribution in [0.3, 0.4) is 0 Å². The first kappa shape index (κ1) is 16.8. The van der Waals surface area contributed by atoms with Gasteiger partial charge in [0.1, 0.15) is 0 Å². The highest BCUT2D eigenvalue weighted by molar-refractivity contribution is 7.83. The van der Waals surface area contributed by atoms with E-state index in [0.29, 0.717) is 16.8 Å². The van der Waals surface area contributed by atoms with E-state index in [-0.39, 0.29) is 0 Å². The van der Waals surface area contributed by atoms with Crippen molar-refractivity contribution < 1.29 is 8.95 Å². The predicted molar refractivity (Wildman–Crippen MR) is 90.5 cm³/mol. The number of ether oxygens (including phenoxy) is 1. The fourth-order valence-electron chi connectivity index (χ4n) is 2.82. The van der Waals surface area contributed by atoms with Crippen LogP contribution in [0.1, 0.15) is 31.7 Å². The zero-order valence-electron chi connectivity index (χ0n) is 12.7. The van der Waals surface area contributed by atoms with E-state index in [1.54, 1.807) is 6.26 Å². The van der Waals surface area contributed by atoms with Crippen molar-refractivity contribution in [3.63, 3.8) is 0 Å². The lowest BCUT2D eigenvalue weighted by molar-refractivity contribution is 0.0629. The molecule has 21 heavy (non-hydrogen) atoms. The van der Waals surface area contributed by atoms with E-state index in [0.717, 1.165) is 49.6 Å². The normalized spacial score (nSPS) is 19.2. The Morgan fingerprint density at radius 1 is 1.43 bits per heavy atom. The molecule has 1 N–H and O–H groups in total. The highest BCUT2D eigenvalue weighted by Gasteiger charge is 2.17. The molecule has 0 aromatic heterocycles. The van der Waals surface area contributed by atoms with Crippen LogP contribution in [-0.2, 0) is 21.3 Å². The third kappa shape index (κ3) is 5.61. The average Bonchev–Trinajstić information content (AvgIpc) is 2.43. The molecule has 0 saturated carbocycles. The molecule has 2 atom stereocenters. The van der Waals surface area contributed by atoms with Crippen molar-refractivity contribution in [1.29, 1.82) is 0 Å². The standard InChI is InChI=1S/C16H24ClNO2S/c1-12(9-13-5-7-20-8-6-13)18-15-3-4-16(17)14(10-15)11-21(2)19/h3-4,10,12-13,18H,5-9,11H2,1-2H3. The lowest BCUT2D eigenvalue weighted by Gasteiger charge is -2.26. The second kappa shape index (κ2) is 8.16. The molecular formula is C16H24ClNO2S. The third-order valence-electron chi connectivity index (χ3n) is 3.85. The molecule has 1 saturated heterocycles. The van der Waals surface area contributed by atoms with E-state index < -0.39 is 10.8 Å². The molecule has 5 heteroatoms. The smallest absolute Gasteiger partial charge is 0.0498 e. The molecule has 1 aliphatic rings. The monoisotopic (exact) mass is 329 g/mol. The number of halogens is 1. The van der Waals surface area contributed by atoms with Crippen LogP contribution in [0, 0.1) is 5.92 Å². The van der Waals surface area contributed by atoms with E-state index in [1.165, 1.54) is 0 Å². The van der Waals surface area contributed by atoms with Gasteiger partial charge in [-0.1, -0.05) is 11.6 Å². The SMILES string of the molecule is CC(CC1CCOCC1)Nc1ccc(Cl)c(CS(C)=O)c1. The molecule has 118 valence electrons. The van der Waals surface area contributed by atoms with Gasteiger partial charge in [-0.2, -0.15) is 0 Å². The van der Waals surface area contributed by atoms with Gasteiger partial charge in [0.15, 0.2) is 0 Å². The van der Waals surface area contributed by atoms with Gasteiger partial charge in [0, 0.05) is 52.8 Å². The number of hydrogen-bond acceptors (Lipinski definition) is 3. The van der Waals surface area contributed by atoms with Crippen LogP contribution in [0.4, 0.5) is 5.69 Å². The van der Waals surface area contributed by atoms with Crippen molar-refractivity contribution in [2.24, 2.45) is 5.92 Å². The number of hydrogen-bond donors (Lipinski definition) is 1. The van der Waals surface area contributed by atoms with Gasteiger partial charge in [-0.25, -0.2) is 0 Å². The van der Waals surface area contributed by atoms with E-state index in [4.69, 9.17) is 16.3 Å². The van der Waals surface area contributed by atoms with Gasteiger partial charge in [-0.15, -0.1) is 0 Å². The second-order valence-electron chi connectivity index (χ2n) is 5.86. The molecule has 0 radical (unpaired) electrons. The van der Waals surface area contributed by atoms with E-state index in [2.05, 4.69) is 12.2 Å². The summed E-state index contributed by atoms with van der Waals surface area (Å²) in [5, 5.41) is 4.22. The Kier molecular flexibility index (Phi) is 6.52. The zero-order valence-corrected chi connectivity index (χ0v) is 14.3. The summed E-state index contributed by atoms with van der Waals surface area (Å²) in [4.78, 5) is 0. The van der Waals surface area contributed by atoms with Crippen LogP contribution >= 0.6 is 11.6 Å². The van der Waals surface area contributed by atoms with E-state index in [9.17, 15) is 4.21 Å². The minimum Gasteiger partial charge on any atom is -0.383 e. The molecule has 1 heterocycles. The first-order valence-corrected chi connectivity index (χ1v) is 9.58. The molecule has 0 bridgehead atoms. The van der Waals surface area contributed by atoms with Gasteiger partial charge in [0.05, 0.1) is 0 Å². The Balaban J connectivity index is 1.93. The molecule has 2 unspecified atom stereocenters. The quantitative estimate of drug-likeness (QED) is 0.861. The summed E-state index contributed by atoms with van der Waals surface area (Å²) >= 11 is 6.16. The van der Waals surface area contributed by atoms with Gasteiger partial charge in [0.2, 0.25) is 0 Å². The number of nitrogens with one attached hydrogen (secondary N) is 1. The Hall–Kier alpha value is -0.580. The van der Waals surface area contributed by atoms with Crippen molar-refractivity contribution >= 4 is 28.1 Å². The molecule has 1 aliphatic heterocycles. The maximum absolute atomic E-state index is 11.4. The largest absolute Gasteiger partial charge is 0.383 e. The van der Waals surface area contributed by atoms with Gasteiger partial charge in [0.25, 0.3) is 0 Å². The van der Waals surface area contributed by atoms with Gasteiger partial charge < -0.3 is 10.1 Å². The molecule has 1 aromatic carbocycles. The molecular weight excluding hydrogens is 306 g/mol. The molecule has 0 spiro atoms. The molecule has 0 aliphatic carbocycles. The topological polar surface area (TPSA) is 38.3 Å². The van der Waals surface area contributed by atoms with Crippen molar-refractivity contribution in [1.82, 2.24) is 0 Å². The van der Waals surface area contributed by atoms with E-state index in [1.807, 2.05) is 18.2 Å². The maximum Gasteiger partial charge on any atom is 0.0498 e. The minimum absolute atomic E-state index is 0.411. The summed E-state index contributed by atoms with van der Waals surface area (Å²) in [6, 6.07) is 6.30. The van der Waals surface area contributed by atoms with E-state index >= 15 is 0 Å². The van der Waals surface area contributed by atoms with Crippen LogP contribution in [0.25, 0.3) is 0 Å². The molecule has 3 nitrogen and oxygen atoms in total. The minimum atomic E-state index is -0.880. The highest BCUT2D eigenvalue weighted by Crippen LogP contribution is 2.25. The number of rotatable bonds is 6. The lowest BCUT2D eigenvalue weighted by Crippen LogP contribution is -2.24. The van der Waals surface area contributed by atoms with Crippen molar-refractivity contribution in [3.8, 4) is 0 Å². The summed E-state index contributed by atoms with van der Waals surface area (Å²) < 4.78 is 16.8. The molecule has 2 rings (SSSR count). The van der Waals surface area contributed by atoms with Crippen LogP contribution in [0.2, 0.25) is 5.02 Å². The summed E-state index contributed by atoms with van der Waals surface area (Å²) in [7, 11) is -0.880. The van der Waals surface area contributed by atoms with Crippen molar-refractivity contribution in [2.75, 3.05) is 24.8 Å². The van der Waals surface area contributed by atoms with Crippen LogP contribution < -0.4 is 5.32 Å². The van der Waals surface area contributed by atoms with Crippen molar-refractivity contribution in [2.45, 2.75) is 38.0 Å². The summed E-state index contributed by atoms with van der Waals surface area (Å²) in [6.45, 7) is 4.00. The fraction of sp³-hybridized carbons (Fsp3) is 0.625. The lowest BCUT2D eigenvalue weighted by atomic mass is 9.93. The maximum atomic E-state index is 11.4. The zero-order chi connectivity index (χ0) is 15.2. The summed E-state index contributed by atoms with van der Waals surface area (Å²) in [5.41, 5.74) is 2.00. The highest BCUT2D eigenvalue weighted by atomic mass is 35.5. The Morgan fingerprint density at radius 3 is 2.81 bits per heavy atom. The first-order chi connectivity index (χ1) is 10.0. The summed E-state index contributed by atoms with van der Waals surface area (Å²) in [6.07, 6.45) is 5.17. The van der Waals surface area contributed by atoms with Gasteiger partial charge >= 0.3 is 0 Å². The predicted octanol–water partition coefficient (Wildman–Crippen LogP) is 3.84. The number of benzene rings is 1. The third-order valence-corrected chi connectivity index (χ3v) is 4.93. The van der Waals surface area contributed by atoms with Gasteiger partial charge in [-0.3, -0.25) is 4.21 Å². The fourth-order valence-corrected chi connectivity index (χ4v) is 3.76. The van der Waals surface area contributed by atoms with Crippen LogP contribution in [-0.4, -0.2) is 29.7 Å². The average molecular weight is 330 g/mol. The van der Waals surface area contributed by atoms with Crippen LogP contribution in [0.15, 0.2) is 18.2 Å². The molecule has 1 fully saturated rings. The number of anilines is 1. The molecule has 1 aromatic rings. The first-order valence-electron chi connectivity index (χ1n) is 7.47. The van der Waals surface area contributed by atoms with Gasteiger partial charge in [-0.05, 0) is 55.9 Å². The Morgan fingerprint density at radius 2 is 2.14 bits per heavy atom. The van der Waals surface area contributed by atoms with Crippen molar-refractivity contribution in [3.05, 3.63) is 28.8 Å².